The van der Waals surface area contributed by atoms with Gasteiger partial charge in [0.05, 0.1) is 10.7 Å². The number of nitrogens with one attached hydrogen (secondary N) is 2. The van der Waals surface area contributed by atoms with Crippen LogP contribution >= 0.6 is 15.9 Å². The van der Waals surface area contributed by atoms with E-state index in [9.17, 15) is 14.4 Å². The van der Waals surface area contributed by atoms with Crippen molar-refractivity contribution in [3.05, 3.63) is 28.2 Å². The summed E-state index contributed by atoms with van der Waals surface area (Å²) in [6.07, 6.45) is 1.35. The number of hydrazone groups is 1. The Balaban J connectivity index is 2.65. The molecule has 4 N–H and O–H groups in total. The third-order valence-corrected chi connectivity index (χ3v) is 2.76. The molecule has 0 aliphatic rings. The Labute approximate surface area is 128 Å². The highest BCUT2D eigenvalue weighted by molar-refractivity contribution is 9.10. The molecule has 0 fully saturated rings. The van der Waals surface area contributed by atoms with Crippen molar-refractivity contribution >= 4 is 39.9 Å². The summed E-state index contributed by atoms with van der Waals surface area (Å²) in [7, 11) is 1.34. The highest BCUT2D eigenvalue weighted by atomic mass is 79.9. The Kier molecular flexibility index (Phi) is 6.34. The van der Waals surface area contributed by atoms with Gasteiger partial charge in [0.15, 0.2) is 6.61 Å². The molecule has 0 spiro atoms. The number of amides is 3. The van der Waals surface area contributed by atoms with Crippen molar-refractivity contribution in [2.45, 2.75) is 0 Å². The molecule has 0 aliphatic heterocycles. The maximum Gasteiger partial charge on any atom is 0.329 e. The number of ether oxygens (including phenoxy) is 1. The summed E-state index contributed by atoms with van der Waals surface area (Å²) >= 11 is 3.26. The fraction of sp³-hybridized carbons (Fsp3) is 0.167. The van der Waals surface area contributed by atoms with Crippen molar-refractivity contribution < 1.29 is 19.1 Å². The second-order valence-electron chi connectivity index (χ2n) is 3.72. The topological polar surface area (TPSA) is 123 Å². The number of primary amides is 1. The molecule has 3 amide bonds. The monoisotopic (exact) mass is 356 g/mol. The molecule has 0 saturated heterocycles. The number of hydrogen-bond acceptors (Lipinski definition) is 5. The Morgan fingerprint density at radius 1 is 1.38 bits per heavy atom. The van der Waals surface area contributed by atoms with Gasteiger partial charge in [0, 0.05) is 7.05 Å². The number of benzene rings is 1. The first-order valence-electron chi connectivity index (χ1n) is 5.69. The number of hydrogen-bond donors (Lipinski definition) is 3. The van der Waals surface area contributed by atoms with Crippen molar-refractivity contribution in [3.63, 3.8) is 0 Å². The van der Waals surface area contributed by atoms with Gasteiger partial charge in [0.2, 0.25) is 0 Å². The molecule has 0 bridgehead atoms. The molecule has 0 saturated carbocycles. The maximum absolute atomic E-state index is 11.1. The molecular formula is C12H13BrN4O4. The van der Waals surface area contributed by atoms with Crippen LogP contribution in [0.25, 0.3) is 0 Å². The number of nitrogens with zero attached hydrogens (tertiary/aromatic N) is 1. The van der Waals surface area contributed by atoms with E-state index in [1.165, 1.54) is 13.3 Å². The average molecular weight is 357 g/mol. The molecule has 112 valence electrons. The number of likely N-dealkylation sites (N-methyl/N-ethyl adjacent to an activating group) is 1. The molecule has 0 heterocycles. The zero-order chi connectivity index (χ0) is 15.8. The lowest BCUT2D eigenvalue weighted by Gasteiger charge is -2.06. The van der Waals surface area contributed by atoms with Gasteiger partial charge < -0.3 is 15.8 Å². The lowest BCUT2D eigenvalue weighted by atomic mass is 10.2. The van der Waals surface area contributed by atoms with Gasteiger partial charge >= 0.3 is 11.8 Å². The Morgan fingerprint density at radius 2 is 2.10 bits per heavy atom. The molecule has 0 radical (unpaired) electrons. The zero-order valence-corrected chi connectivity index (χ0v) is 12.6. The lowest BCUT2D eigenvalue weighted by Crippen LogP contribution is -2.35. The van der Waals surface area contributed by atoms with Crippen molar-refractivity contribution in [3.8, 4) is 5.75 Å². The fourth-order valence-corrected chi connectivity index (χ4v) is 1.70. The van der Waals surface area contributed by atoms with Crippen LogP contribution in [0, 0.1) is 0 Å². The van der Waals surface area contributed by atoms with Crippen LogP contribution in [0.4, 0.5) is 0 Å². The van der Waals surface area contributed by atoms with Crippen molar-refractivity contribution in [2.24, 2.45) is 10.8 Å². The lowest BCUT2D eigenvalue weighted by molar-refractivity contribution is -0.138. The van der Waals surface area contributed by atoms with Crippen LogP contribution in [0.3, 0.4) is 0 Å². The predicted molar refractivity (Wildman–Crippen MR) is 78.6 cm³/mol. The van der Waals surface area contributed by atoms with Gasteiger partial charge in [0.1, 0.15) is 5.75 Å². The third-order valence-electron chi connectivity index (χ3n) is 2.14. The summed E-state index contributed by atoms with van der Waals surface area (Å²) in [6.45, 7) is -0.228. The molecule has 0 aliphatic carbocycles. The van der Waals surface area contributed by atoms with E-state index in [1.54, 1.807) is 18.2 Å². The van der Waals surface area contributed by atoms with E-state index in [0.29, 0.717) is 15.8 Å². The normalized spacial score (nSPS) is 10.2. The van der Waals surface area contributed by atoms with E-state index >= 15 is 0 Å². The van der Waals surface area contributed by atoms with Gasteiger partial charge in [-0.1, -0.05) is 0 Å². The van der Waals surface area contributed by atoms with Crippen LogP contribution in [0.15, 0.2) is 27.8 Å². The minimum absolute atomic E-state index is 0.228. The minimum Gasteiger partial charge on any atom is -0.483 e. The van der Waals surface area contributed by atoms with Crippen molar-refractivity contribution in [1.82, 2.24) is 10.7 Å². The number of halogens is 1. The van der Waals surface area contributed by atoms with E-state index in [1.807, 2.05) is 0 Å². The smallest absolute Gasteiger partial charge is 0.329 e. The quantitative estimate of drug-likeness (QED) is 0.374. The van der Waals surface area contributed by atoms with Crippen molar-refractivity contribution in [2.75, 3.05) is 13.7 Å². The molecule has 0 atom stereocenters. The highest BCUT2D eigenvalue weighted by Gasteiger charge is 2.09. The summed E-state index contributed by atoms with van der Waals surface area (Å²) in [5.74, 6) is -1.79. The van der Waals surface area contributed by atoms with Gasteiger partial charge in [-0.05, 0) is 39.7 Å². The molecule has 1 rings (SSSR count). The molecule has 0 aromatic heterocycles. The van der Waals surface area contributed by atoms with Crippen LogP contribution in [0.2, 0.25) is 0 Å². The second-order valence-corrected chi connectivity index (χ2v) is 4.58. The SMILES string of the molecule is CNC(=O)C(=O)N/N=C\c1ccc(OCC(N)=O)c(Br)c1. The molecular weight excluding hydrogens is 344 g/mol. The highest BCUT2D eigenvalue weighted by Crippen LogP contribution is 2.25. The number of carbonyl (C=O) groups is 3. The fourth-order valence-electron chi connectivity index (χ4n) is 1.19. The van der Waals surface area contributed by atoms with E-state index in [2.05, 4.69) is 31.8 Å². The van der Waals surface area contributed by atoms with Crippen LogP contribution in [0.5, 0.6) is 5.75 Å². The number of rotatable bonds is 5. The van der Waals surface area contributed by atoms with Crippen LogP contribution in [-0.4, -0.2) is 37.6 Å². The largest absolute Gasteiger partial charge is 0.483 e. The van der Waals surface area contributed by atoms with E-state index in [0.717, 1.165) is 0 Å². The summed E-state index contributed by atoms with van der Waals surface area (Å²) in [4.78, 5) is 32.7. The minimum atomic E-state index is -0.866. The summed E-state index contributed by atoms with van der Waals surface area (Å²) in [5, 5.41) is 5.80. The number of nitrogens with two attached hydrogens (primary N) is 1. The van der Waals surface area contributed by atoms with Gasteiger partial charge in [0.25, 0.3) is 5.91 Å². The molecule has 9 heteroatoms. The first kappa shape index (κ1) is 16.6. The van der Waals surface area contributed by atoms with Crippen LogP contribution in [-0.2, 0) is 14.4 Å². The molecule has 1 aromatic rings. The van der Waals surface area contributed by atoms with Crippen molar-refractivity contribution in [1.29, 1.82) is 0 Å². The van der Waals surface area contributed by atoms with Gasteiger partial charge in [-0.2, -0.15) is 5.10 Å². The Morgan fingerprint density at radius 3 is 2.67 bits per heavy atom. The zero-order valence-electron chi connectivity index (χ0n) is 11.1. The van der Waals surface area contributed by atoms with E-state index in [4.69, 9.17) is 10.5 Å². The third kappa shape index (κ3) is 5.61. The van der Waals surface area contributed by atoms with E-state index in [-0.39, 0.29) is 6.61 Å². The maximum atomic E-state index is 11.1. The van der Waals surface area contributed by atoms with E-state index < -0.39 is 17.7 Å². The average Bonchev–Trinajstić information content (AvgIpc) is 2.45. The predicted octanol–water partition coefficient (Wildman–Crippen LogP) is -0.491. The summed E-state index contributed by atoms with van der Waals surface area (Å²) in [6, 6.07) is 4.91. The number of carbonyl (C=O) groups excluding carboxylic acids is 3. The summed E-state index contributed by atoms with van der Waals surface area (Å²) < 4.78 is 5.74. The summed E-state index contributed by atoms with van der Waals surface area (Å²) in [5.41, 5.74) is 7.69. The first-order valence-corrected chi connectivity index (χ1v) is 6.49. The Hall–Kier alpha value is -2.42. The Bertz CT molecular complexity index is 589. The van der Waals surface area contributed by atoms with Crippen LogP contribution in [0.1, 0.15) is 5.56 Å². The second kappa shape index (κ2) is 8.00. The molecule has 0 unspecified atom stereocenters. The van der Waals surface area contributed by atoms with Gasteiger partial charge in [-0.3, -0.25) is 14.4 Å². The van der Waals surface area contributed by atoms with Gasteiger partial charge in [-0.25, -0.2) is 5.43 Å². The molecule has 1 aromatic carbocycles. The standard InChI is InChI=1S/C12H13BrN4O4/c1-15-11(19)12(20)17-16-5-7-2-3-9(8(13)4-7)21-6-10(14)18/h2-5H,6H2,1H3,(H2,14,18)(H,15,19)(H,17,20)/b16-5-. The molecule has 21 heavy (non-hydrogen) atoms. The van der Waals surface area contributed by atoms with Crippen LogP contribution < -0.4 is 21.2 Å². The molecule has 8 nitrogen and oxygen atoms in total. The first-order chi connectivity index (χ1) is 9.93. The van der Waals surface area contributed by atoms with Gasteiger partial charge in [-0.15, -0.1) is 0 Å².